The van der Waals surface area contributed by atoms with Crippen LogP contribution >= 0.6 is 0 Å². The minimum Gasteiger partial charge on any atom is -0.443 e. The first-order chi connectivity index (χ1) is 9.65. The van der Waals surface area contributed by atoms with Crippen LogP contribution in [0.1, 0.15) is 31.4 Å². The highest BCUT2D eigenvalue weighted by Crippen LogP contribution is 2.15. The molecule has 0 saturated carbocycles. The standard InChI is InChI=1S/C15H15N3O2/c1-10(2)13-7-16-14(20-13)8-18-9-17-12-6-4-3-5-11(12)15(18)19/h3-7,9-10H,8H2,1-2H3. The maximum Gasteiger partial charge on any atom is 0.261 e. The van der Waals surface area contributed by atoms with E-state index in [9.17, 15) is 4.79 Å². The fraction of sp³-hybridized carbons (Fsp3) is 0.267. The van der Waals surface area contributed by atoms with E-state index in [0.717, 1.165) is 5.76 Å². The first-order valence-electron chi connectivity index (χ1n) is 6.54. The van der Waals surface area contributed by atoms with Gasteiger partial charge in [0.05, 0.1) is 23.4 Å². The number of fused-ring (bicyclic) bond motifs is 1. The molecule has 0 bridgehead atoms. The summed E-state index contributed by atoms with van der Waals surface area (Å²) in [5.74, 6) is 1.62. The van der Waals surface area contributed by atoms with Gasteiger partial charge in [-0.3, -0.25) is 9.36 Å². The quantitative estimate of drug-likeness (QED) is 0.733. The second-order valence-electron chi connectivity index (χ2n) is 5.01. The maximum atomic E-state index is 12.3. The number of nitrogens with zero attached hydrogens (tertiary/aromatic N) is 3. The molecule has 20 heavy (non-hydrogen) atoms. The SMILES string of the molecule is CC(C)c1cnc(Cn2cnc3ccccc3c2=O)o1. The number of para-hydroxylation sites is 1. The molecule has 5 nitrogen and oxygen atoms in total. The molecule has 2 aromatic heterocycles. The van der Waals surface area contributed by atoms with Crippen LogP contribution in [-0.4, -0.2) is 14.5 Å². The summed E-state index contributed by atoms with van der Waals surface area (Å²) < 4.78 is 7.13. The molecule has 0 spiro atoms. The lowest BCUT2D eigenvalue weighted by Gasteiger charge is -2.04. The Hall–Kier alpha value is -2.43. The summed E-state index contributed by atoms with van der Waals surface area (Å²) >= 11 is 0. The number of aromatic nitrogens is 3. The van der Waals surface area contributed by atoms with Gasteiger partial charge in [-0.2, -0.15) is 0 Å². The number of hydrogen-bond donors (Lipinski definition) is 0. The van der Waals surface area contributed by atoms with Crippen molar-refractivity contribution >= 4 is 10.9 Å². The van der Waals surface area contributed by atoms with Crippen LogP contribution in [0.25, 0.3) is 10.9 Å². The molecular formula is C15H15N3O2. The molecule has 0 unspecified atom stereocenters. The highest BCUT2D eigenvalue weighted by molar-refractivity contribution is 5.76. The van der Waals surface area contributed by atoms with Crippen LogP contribution < -0.4 is 5.56 Å². The number of oxazole rings is 1. The van der Waals surface area contributed by atoms with Crippen LogP contribution in [0.3, 0.4) is 0 Å². The predicted molar refractivity (Wildman–Crippen MR) is 75.7 cm³/mol. The average Bonchev–Trinajstić information content (AvgIpc) is 2.91. The molecular weight excluding hydrogens is 254 g/mol. The summed E-state index contributed by atoms with van der Waals surface area (Å²) in [6.45, 7) is 4.37. The first-order valence-corrected chi connectivity index (χ1v) is 6.54. The normalized spacial score (nSPS) is 11.3. The third-order valence-corrected chi connectivity index (χ3v) is 3.18. The Morgan fingerprint density at radius 2 is 2.05 bits per heavy atom. The number of hydrogen-bond acceptors (Lipinski definition) is 4. The Morgan fingerprint density at radius 3 is 2.80 bits per heavy atom. The third kappa shape index (κ3) is 2.22. The van der Waals surface area contributed by atoms with Crippen molar-refractivity contribution in [1.82, 2.24) is 14.5 Å². The van der Waals surface area contributed by atoms with Gasteiger partial charge in [0, 0.05) is 5.92 Å². The van der Waals surface area contributed by atoms with Crippen molar-refractivity contribution in [2.24, 2.45) is 0 Å². The summed E-state index contributed by atoms with van der Waals surface area (Å²) in [5, 5.41) is 0.602. The van der Waals surface area contributed by atoms with E-state index in [1.54, 1.807) is 12.3 Å². The molecule has 0 amide bonds. The number of benzene rings is 1. The second kappa shape index (κ2) is 4.92. The van der Waals surface area contributed by atoms with Gasteiger partial charge in [-0.1, -0.05) is 26.0 Å². The van der Waals surface area contributed by atoms with E-state index in [2.05, 4.69) is 9.97 Å². The van der Waals surface area contributed by atoms with E-state index >= 15 is 0 Å². The van der Waals surface area contributed by atoms with Gasteiger partial charge in [-0.15, -0.1) is 0 Å². The van der Waals surface area contributed by atoms with Crippen molar-refractivity contribution < 1.29 is 4.42 Å². The largest absolute Gasteiger partial charge is 0.443 e. The van der Waals surface area contributed by atoms with Crippen molar-refractivity contribution in [1.29, 1.82) is 0 Å². The summed E-state index contributed by atoms with van der Waals surface area (Å²) in [6.07, 6.45) is 3.24. The second-order valence-corrected chi connectivity index (χ2v) is 5.01. The van der Waals surface area contributed by atoms with Crippen LogP contribution in [0.2, 0.25) is 0 Å². The Morgan fingerprint density at radius 1 is 1.25 bits per heavy atom. The van der Waals surface area contributed by atoms with Crippen LogP contribution in [0.4, 0.5) is 0 Å². The molecule has 0 radical (unpaired) electrons. The summed E-state index contributed by atoms with van der Waals surface area (Å²) in [6, 6.07) is 7.29. The molecule has 0 aliphatic rings. The topological polar surface area (TPSA) is 60.9 Å². The molecule has 102 valence electrons. The third-order valence-electron chi connectivity index (χ3n) is 3.18. The molecule has 0 aliphatic carbocycles. The molecule has 0 N–H and O–H groups in total. The molecule has 0 aliphatic heterocycles. The highest BCUT2D eigenvalue weighted by Gasteiger charge is 2.10. The zero-order valence-corrected chi connectivity index (χ0v) is 11.4. The molecule has 0 atom stereocenters. The van der Waals surface area contributed by atoms with Crippen LogP contribution in [0.15, 0.2) is 46.0 Å². The van der Waals surface area contributed by atoms with Gasteiger partial charge in [0.1, 0.15) is 12.3 Å². The highest BCUT2D eigenvalue weighted by atomic mass is 16.4. The Bertz CT molecular complexity index is 802. The van der Waals surface area contributed by atoms with Crippen LogP contribution in [-0.2, 0) is 6.54 Å². The van der Waals surface area contributed by atoms with Gasteiger partial charge in [-0.25, -0.2) is 9.97 Å². The van der Waals surface area contributed by atoms with E-state index in [4.69, 9.17) is 4.42 Å². The van der Waals surface area contributed by atoms with E-state index in [1.165, 1.54) is 10.9 Å². The molecule has 3 aromatic rings. The molecule has 3 rings (SSSR count). The minimum atomic E-state index is -0.0834. The minimum absolute atomic E-state index is 0.0834. The zero-order chi connectivity index (χ0) is 14.1. The molecule has 2 heterocycles. The van der Waals surface area contributed by atoms with E-state index in [1.807, 2.05) is 32.0 Å². The molecule has 0 saturated heterocycles. The van der Waals surface area contributed by atoms with Gasteiger partial charge in [0.15, 0.2) is 0 Å². The van der Waals surface area contributed by atoms with Gasteiger partial charge >= 0.3 is 0 Å². The fourth-order valence-electron chi connectivity index (χ4n) is 2.03. The smallest absolute Gasteiger partial charge is 0.261 e. The Kier molecular flexibility index (Phi) is 3.10. The monoisotopic (exact) mass is 269 g/mol. The summed E-state index contributed by atoms with van der Waals surface area (Å²) in [5.41, 5.74) is 0.615. The predicted octanol–water partition coefficient (Wildman–Crippen LogP) is 2.56. The lowest BCUT2D eigenvalue weighted by atomic mass is 10.2. The maximum absolute atomic E-state index is 12.3. The van der Waals surface area contributed by atoms with Gasteiger partial charge in [0.25, 0.3) is 5.56 Å². The van der Waals surface area contributed by atoms with E-state index in [-0.39, 0.29) is 11.5 Å². The van der Waals surface area contributed by atoms with Gasteiger partial charge < -0.3 is 4.42 Å². The number of rotatable bonds is 3. The van der Waals surface area contributed by atoms with Crippen molar-refractivity contribution in [3.05, 3.63) is 58.8 Å². The summed E-state index contributed by atoms with van der Waals surface area (Å²) in [7, 11) is 0. The van der Waals surface area contributed by atoms with Crippen molar-refractivity contribution in [3.63, 3.8) is 0 Å². The average molecular weight is 269 g/mol. The van der Waals surface area contributed by atoms with Crippen molar-refractivity contribution in [2.75, 3.05) is 0 Å². The Balaban J connectivity index is 1.98. The molecule has 1 aromatic carbocycles. The van der Waals surface area contributed by atoms with Crippen LogP contribution in [0.5, 0.6) is 0 Å². The summed E-state index contributed by atoms with van der Waals surface area (Å²) in [4.78, 5) is 20.8. The zero-order valence-electron chi connectivity index (χ0n) is 11.4. The fourth-order valence-corrected chi connectivity index (χ4v) is 2.03. The molecule has 5 heteroatoms. The lowest BCUT2D eigenvalue weighted by Crippen LogP contribution is -2.21. The van der Waals surface area contributed by atoms with Crippen LogP contribution in [0, 0.1) is 0 Å². The molecule has 0 fully saturated rings. The van der Waals surface area contributed by atoms with Gasteiger partial charge in [0.2, 0.25) is 5.89 Å². The Labute approximate surface area is 115 Å². The van der Waals surface area contributed by atoms with Gasteiger partial charge in [-0.05, 0) is 12.1 Å². The lowest BCUT2D eigenvalue weighted by molar-refractivity contribution is 0.426. The first kappa shape index (κ1) is 12.6. The van der Waals surface area contributed by atoms with Crippen molar-refractivity contribution in [3.8, 4) is 0 Å². The van der Waals surface area contributed by atoms with Crippen molar-refractivity contribution in [2.45, 2.75) is 26.3 Å². The van der Waals surface area contributed by atoms with E-state index < -0.39 is 0 Å². The van der Waals surface area contributed by atoms with E-state index in [0.29, 0.717) is 23.3 Å².